The molecule has 186 valence electrons. The molecule has 12 heteroatoms. The van der Waals surface area contributed by atoms with Crippen molar-refractivity contribution < 1.29 is 17.6 Å². The Morgan fingerprint density at radius 3 is 2.71 bits per heavy atom. The van der Waals surface area contributed by atoms with Crippen molar-refractivity contribution in [2.45, 2.75) is 43.9 Å². The molecule has 1 amide bonds. The van der Waals surface area contributed by atoms with Gasteiger partial charge in [-0.1, -0.05) is 29.3 Å². The van der Waals surface area contributed by atoms with Crippen LogP contribution in [0.5, 0.6) is 0 Å². The van der Waals surface area contributed by atoms with E-state index in [0.29, 0.717) is 45.0 Å². The number of rotatable bonds is 7. The molecule has 1 aliphatic carbocycles. The Kier molecular flexibility index (Phi) is 7.65. The van der Waals surface area contributed by atoms with Crippen molar-refractivity contribution in [2.75, 3.05) is 12.3 Å². The fourth-order valence-electron chi connectivity index (χ4n) is 4.10. The van der Waals surface area contributed by atoms with Gasteiger partial charge in [-0.05, 0) is 56.4 Å². The Morgan fingerprint density at radius 1 is 1.26 bits per heavy atom. The zero-order valence-corrected chi connectivity index (χ0v) is 22.2. The number of amides is 1. The molecule has 2 heterocycles. The lowest BCUT2D eigenvalue weighted by Crippen LogP contribution is -2.31. The number of aromatic nitrogens is 3. The van der Waals surface area contributed by atoms with Crippen LogP contribution >= 0.6 is 34.5 Å². The SMILES string of the molecule is Cc1nc(C)c(S(=O)(=O)CC(=O)NC/C(F)=C2\CCCc3cnn(Cc4ccc(Cl)cc4Cl)c32)s1. The van der Waals surface area contributed by atoms with E-state index < -0.39 is 33.9 Å². The van der Waals surface area contributed by atoms with Gasteiger partial charge in [0.05, 0.1) is 35.7 Å². The minimum atomic E-state index is -3.86. The van der Waals surface area contributed by atoms with E-state index in [-0.39, 0.29) is 4.21 Å². The van der Waals surface area contributed by atoms with Crippen LogP contribution in [0.1, 0.15) is 40.4 Å². The molecule has 0 fully saturated rings. The lowest BCUT2D eigenvalue weighted by atomic mass is 9.92. The molecular weight excluding hydrogens is 534 g/mol. The molecule has 0 bridgehead atoms. The maximum Gasteiger partial charge on any atom is 0.235 e. The number of halogens is 3. The normalized spacial score (nSPS) is 15.1. The average Bonchev–Trinajstić information content (AvgIpc) is 3.36. The quantitative estimate of drug-likeness (QED) is 0.445. The van der Waals surface area contributed by atoms with Gasteiger partial charge in [-0.25, -0.2) is 17.8 Å². The first-order chi connectivity index (χ1) is 16.5. The molecule has 7 nitrogen and oxygen atoms in total. The van der Waals surface area contributed by atoms with E-state index >= 15 is 4.39 Å². The van der Waals surface area contributed by atoms with Gasteiger partial charge < -0.3 is 5.32 Å². The lowest BCUT2D eigenvalue weighted by Gasteiger charge is -2.19. The molecule has 2 aromatic heterocycles. The molecule has 0 spiro atoms. The van der Waals surface area contributed by atoms with E-state index in [4.69, 9.17) is 23.2 Å². The number of benzene rings is 1. The van der Waals surface area contributed by atoms with Crippen LogP contribution in [0.15, 0.2) is 34.4 Å². The fraction of sp³-hybridized carbons (Fsp3) is 0.348. The zero-order valence-electron chi connectivity index (χ0n) is 19.1. The Bertz CT molecular complexity index is 1430. The highest BCUT2D eigenvalue weighted by Gasteiger charge is 2.26. The molecule has 3 aromatic rings. The van der Waals surface area contributed by atoms with Gasteiger partial charge in [0.1, 0.15) is 15.8 Å². The fourth-order valence-corrected chi connectivity index (χ4v) is 7.33. The van der Waals surface area contributed by atoms with Gasteiger partial charge in [-0.15, -0.1) is 11.3 Å². The van der Waals surface area contributed by atoms with E-state index in [1.807, 2.05) is 0 Å². The van der Waals surface area contributed by atoms with Crippen LogP contribution in [0.2, 0.25) is 10.0 Å². The summed E-state index contributed by atoms with van der Waals surface area (Å²) in [5.74, 6) is -2.06. The number of aryl methyl sites for hydroxylation is 3. The smallest absolute Gasteiger partial charge is 0.235 e. The van der Waals surface area contributed by atoms with E-state index in [0.717, 1.165) is 35.3 Å². The van der Waals surface area contributed by atoms with Gasteiger partial charge >= 0.3 is 0 Å². The predicted molar refractivity (Wildman–Crippen MR) is 135 cm³/mol. The molecule has 35 heavy (non-hydrogen) atoms. The first-order valence-electron chi connectivity index (χ1n) is 10.8. The number of thiazole rings is 1. The largest absolute Gasteiger partial charge is 0.349 e. The summed E-state index contributed by atoms with van der Waals surface area (Å²) < 4.78 is 42.2. The molecule has 1 N–H and O–H groups in total. The number of carbonyl (C=O) groups is 1. The first kappa shape index (κ1) is 25.8. The summed E-state index contributed by atoms with van der Waals surface area (Å²) in [6.07, 6.45) is 3.71. The minimum absolute atomic E-state index is 0.0608. The van der Waals surface area contributed by atoms with Gasteiger partial charge in [0, 0.05) is 15.6 Å². The Labute approximate surface area is 216 Å². The van der Waals surface area contributed by atoms with Crippen molar-refractivity contribution >= 4 is 55.9 Å². The third kappa shape index (κ3) is 5.77. The van der Waals surface area contributed by atoms with Crippen molar-refractivity contribution in [1.29, 1.82) is 0 Å². The summed E-state index contributed by atoms with van der Waals surface area (Å²) in [6.45, 7) is 3.21. The highest BCUT2D eigenvalue weighted by Crippen LogP contribution is 2.34. The Morgan fingerprint density at radius 2 is 2.03 bits per heavy atom. The van der Waals surface area contributed by atoms with E-state index in [1.54, 1.807) is 42.9 Å². The second-order valence-electron chi connectivity index (χ2n) is 8.29. The van der Waals surface area contributed by atoms with Crippen molar-refractivity contribution in [1.82, 2.24) is 20.1 Å². The molecule has 0 saturated carbocycles. The minimum Gasteiger partial charge on any atom is -0.349 e. The third-order valence-electron chi connectivity index (χ3n) is 5.64. The molecule has 0 radical (unpaired) electrons. The zero-order chi connectivity index (χ0) is 25.3. The number of fused-ring (bicyclic) bond motifs is 1. The molecule has 0 aliphatic heterocycles. The summed E-state index contributed by atoms with van der Waals surface area (Å²) in [7, 11) is -3.86. The molecule has 0 unspecified atom stereocenters. The number of allylic oxidation sites excluding steroid dienone is 1. The molecule has 0 saturated heterocycles. The highest BCUT2D eigenvalue weighted by molar-refractivity contribution is 7.94. The topological polar surface area (TPSA) is 93.9 Å². The molecule has 1 aliphatic rings. The van der Waals surface area contributed by atoms with Crippen LogP contribution in [0.3, 0.4) is 0 Å². The Balaban J connectivity index is 1.50. The summed E-state index contributed by atoms with van der Waals surface area (Å²) in [6, 6.07) is 5.17. The molecule has 0 atom stereocenters. The standard InChI is InChI=1S/C23H23Cl2FN4O3S2/c1-13-23(34-14(2)29-13)35(32,33)12-21(31)27-10-20(26)18-5-3-4-15-9-28-30(22(15)18)11-16-6-7-17(24)8-19(16)25/h6-9H,3-5,10-12H2,1-2H3,(H,27,31)/b20-18-. The van der Waals surface area contributed by atoms with Gasteiger partial charge in [0.25, 0.3) is 0 Å². The third-order valence-corrected chi connectivity index (χ3v) is 9.61. The van der Waals surface area contributed by atoms with Crippen LogP contribution in [0.4, 0.5) is 4.39 Å². The van der Waals surface area contributed by atoms with Crippen LogP contribution in [0.25, 0.3) is 5.57 Å². The summed E-state index contributed by atoms with van der Waals surface area (Å²) in [5.41, 5.74) is 3.18. The van der Waals surface area contributed by atoms with Gasteiger partial charge in [0.15, 0.2) is 9.84 Å². The number of hydrogen-bond donors (Lipinski definition) is 1. The van der Waals surface area contributed by atoms with Gasteiger partial charge in [0.2, 0.25) is 5.91 Å². The monoisotopic (exact) mass is 556 g/mol. The second-order valence-corrected chi connectivity index (χ2v) is 12.5. The maximum atomic E-state index is 15.3. The highest BCUT2D eigenvalue weighted by atomic mass is 35.5. The number of nitrogens with one attached hydrogen (secondary N) is 1. The Hall–Kier alpha value is -2.27. The molecule has 4 rings (SSSR count). The maximum absolute atomic E-state index is 15.3. The number of sulfone groups is 1. The lowest BCUT2D eigenvalue weighted by molar-refractivity contribution is -0.118. The summed E-state index contributed by atoms with van der Waals surface area (Å²) in [5, 5.41) is 8.44. The van der Waals surface area contributed by atoms with Crippen molar-refractivity contribution in [3.8, 4) is 0 Å². The number of carbonyl (C=O) groups excluding carboxylic acids is 1. The van der Waals surface area contributed by atoms with Crippen LogP contribution in [0, 0.1) is 13.8 Å². The number of hydrogen-bond acceptors (Lipinski definition) is 6. The van der Waals surface area contributed by atoms with E-state index in [1.165, 1.54) is 0 Å². The van der Waals surface area contributed by atoms with Crippen LogP contribution in [-0.2, 0) is 27.6 Å². The van der Waals surface area contributed by atoms with E-state index in [2.05, 4.69) is 15.4 Å². The van der Waals surface area contributed by atoms with Gasteiger partial charge in [-0.2, -0.15) is 5.10 Å². The first-order valence-corrected chi connectivity index (χ1v) is 14.1. The summed E-state index contributed by atoms with van der Waals surface area (Å²) >= 11 is 13.3. The van der Waals surface area contributed by atoms with Crippen LogP contribution < -0.4 is 5.32 Å². The van der Waals surface area contributed by atoms with Crippen molar-refractivity contribution in [3.63, 3.8) is 0 Å². The van der Waals surface area contributed by atoms with Crippen molar-refractivity contribution in [3.05, 3.63) is 67.8 Å². The summed E-state index contributed by atoms with van der Waals surface area (Å²) in [4.78, 5) is 16.5. The average molecular weight is 558 g/mol. The van der Waals surface area contributed by atoms with Gasteiger partial charge in [-0.3, -0.25) is 9.48 Å². The predicted octanol–water partition coefficient (Wildman–Crippen LogP) is 4.92. The second kappa shape index (κ2) is 10.4. The molecular formula is C23H23Cl2FN4O3S2. The van der Waals surface area contributed by atoms with Crippen LogP contribution in [-0.4, -0.2) is 41.4 Å². The number of nitrogens with zero attached hydrogens (tertiary/aromatic N) is 3. The molecule has 1 aromatic carbocycles. The van der Waals surface area contributed by atoms with Crippen molar-refractivity contribution in [2.24, 2.45) is 0 Å². The van der Waals surface area contributed by atoms with E-state index in [9.17, 15) is 13.2 Å².